The van der Waals surface area contributed by atoms with Crippen LogP contribution in [0.5, 0.6) is 0 Å². The van der Waals surface area contributed by atoms with E-state index in [0.29, 0.717) is 17.7 Å². The molecule has 1 aromatic carbocycles. The predicted molar refractivity (Wildman–Crippen MR) is 64.0 cm³/mol. The number of anilines is 1. The maximum absolute atomic E-state index is 11.1. The van der Waals surface area contributed by atoms with Crippen molar-refractivity contribution in [2.45, 2.75) is 19.8 Å². The van der Waals surface area contributed by atoms with E-state index >= 15 is 0 Å². The number of nitrogens with two attached hydrogens (primary N) is 1. The normalized spacial score (nSPS) is 9.31. The molecule has 0 unspecified atom stereocenters. The first-order valence-electron chi connectivity index (χ1n) is 4.62. The van der Waals surface area contributed by atoms with Crippen LogP contribution < -0.4 is 5.73 Å². The number of nitrogen functional groups attached to an aromatic ring is 1. The van der Waals surface area contributed by atoms with E-state index in [1.54, 1.807) is 18.2 Å². The standard InChI is InChI=1S/C11H13NO3.Li.H/c1-7(13)9-4-2-8(6-10(9)12)3-5-11(14)15;;/h2,4,6H,3,5,12H2,1H3,(H,14,15);;. The first-order valence-corrected chi connectivity index (χ1v) is 4.62. The van der Waals surface area contributed by atoms with E-state index in [1.165, 1.54) is 6.92 Å². The Bertz CT molecular complexity index is 404. The topological polar surface area (TPSA) is 80.4 Å². The number of benzene rings is 1. The molecule has 0 aliphatic rings. The molecule has 0 bridgehead atoms. The first kappa shape index (κ1) is 14.8. The van der Waals surface area contributed by atoms with Gasteiger partial charge < -0.3 is 10.8 Å². The molecule has 0 fully saturated rings. The molecule has 0 aromatic heterocycles. The number of carboxylic acids is 1. The molecule has 82 valence electrons. The van der Waals surface area contributed by atoms with Gasteiger partial charge in [0, 0.05) is 17.7 Å². The predicted octanol–water partition coefficient (Wildman–Crippen LogP) is 0.840. The molecule has 0 heterocycles. The summed E-state index contributed by atoms with van der Waals surface area (Å²) in [6.45, 7) is 1.45. The number of carboxylic acid groups (broad SMARTS) is 1. The molecule has 0 aliphatic heterocycles. The van der Waals surface area contributed by atoms with Gasteiger partial charge in [-0.2, -0.15) is 0 Å². The molecule has 0 saturated carbocycles. The van der Waals surface area contributed by atoms with E-state index in [0.717, 1.165) is 5.56 Å². The number of rotatable bonds is 4. The Hall–Kier alpha value is -1.24. The summed E-state index contributed by atoms with van der Waals surface area (Å²) in [5.74, 6) is -0.929. The van der Waals surface area contributed by atoms with Crippen LogP contribution in [-0.2, 0) is 11.2 Å². The Kier molecular flexibility index (Phi) is 5.87. The van der Waals surface area contributed by atoms with Crippen molar-refractivity contribution >= 4 is 36.3 Å². The molecule has 5 heteroatoms. The van der Waals surface area contributed by atoms with Crippen LogP contribution in [0.2, 0.25) is 0 Å². The number of aryl methyl sites for hydroxylation is 1. The fraction of sp³-hybridized carbons (Fsp3) is 0.273. The van der Waals surface area contributed by atoms with Crippen LogP contribution in [0.4, 0.5) is 5.69 Å². The van der Waals surface area contributed by atoms with Gasteiger partial charge >= 0.3 is 24.8 Å². The molecule has 0 spiro atoms. The van der Waals surface area contributed by atoms with Crippen molar-refractivity contribution in [3.8, 4) is 0 Å². The van der Waals surface area contributed by atoms with E-state index in [9.17, 15) is 9.59 Å². The Morgan fingerprint density at radius 1 is 1.38 bits per heavy atom. The molecular formula is C11H14LiNO3. The van der Waals surface area contributed by atoms with Gasteiger partial charge in [-0.15, -0.1) is 0 Å². The number of carbonyl (C=O) groups is 2. The summed E-state index contributed by atoms with van der Waals surface area (Å²) in [5, 5.41) is 8.50. The molecule has 1 aromatic rings. The fourth-order valence-electron chi connectivity index (χ4n) is 1.34. The van der Waals surface area contributed by atoms with Gasteiger partial charge in [0.25, 0.3) is 0 Å². The van der Waals surface area contributed by atoms with Gasteiger partial charge in [0.15, 0.2) is 5.78 Å². The zero-order chi connectivity index (χ0) is 11.4. The van der Waals surface area contributed by atoms with E-state index < -0.39 is 5.97 Å². The molecule has 0 saturated heterocycles. The minimum absolute atomic E-state index is 0. The maximum atomic E-state index is 11.1. The number of ketones is 1. The van der Waals surface area contributed by atoms with Gasteiger partial charge in [0.2, 0.25) is 0 Å². The van der Waals surface area contributed by atoms with E-state index in [-0.39, 0.29) is 31.1 Å². The number of Topliss-reactive ketones (excluding diaryl/α,β-unsaturated/α-hetero) is 1. The van der Waals surface area contributed by atoms with Crippen LogP contribution in [-0.4, -0.2) is 35.7 Å². The second kappa shape index (κ2) is 6.36. The number of aliphatic carboxylic acids is 1. The fourth-order valence-corrected chi connectivity index (χ4v) is 1.34. The molecule has 0 atom stereocenters. The van der Waals surface area contributed by atoms with Gasteiger partial charge in [0.05, 0.1) is 0 Å². The van der Waals surface area contributed by atoms with Crippen molar-refractivity contribution in [2.75, 3.05) is 5.73 Å². The molecule has 0 radical (unpaired) electrons. The van der Waals surface area contributed by atoms with E-state index in [1.807, 2.05) is 0 Å². The summed E-state index contributed by atoms with van der Waals surface area (Å²) in [6.07, 6.45) is 0.497. The van der Waals surface area contributed by atoms with Gasteiger partial charge in [-0.1, -0.05) is 6.07 Å². The van der Waals surface area contributed by atoms with Crippen molar-refractivity contribution in [3.63, 3.8) is 0 Å². The van der Waals surface area contributed by atoms with Crippen LogP contribution in [0.15, 0.2) is 18.2 Å². The molecule has 0 aliphatic carbocycles. The van der Waals surface area contributed by atoms with Crippen molar-refractivity contribution in [3.05, 3.63) is 29.3 Å². The number of hydrogen-bond donors (Lipinski definition) is 2. The van der Waals surface area contributed by atoms with Crippen molar-refractivity contribution in [1.82, 2.24) is 0 Å². The van der Waals surface area contributed by atoms with Gasteiger partial charge in [-0.25, -0.2) is 0 Å². The summed E-state index contributed by atoms with van der Waals surface area (Å²) >= 11 is 0. The number of carbonyl (C=O) groups excluding carboxylic acids is 1. The van der Waals surface area contributed by atoms with Gasteiger partial charge in [-0.05, 0) is 31.0 Å². The SMILES string of the molecule is CC(=O)c1ccc(CCC(=O)O)cc1N.[LiH]. The second-order valence-electron chi connectivity index (χ2n) is 3.37. The number of hydrogen-bond acceptors (Lipinski definition) is 3. The third-order valence-electron chi connectivity index (χ3n) is 2.12. The summed E-state index contributed by atoms with van der Waals surface area (Å²) < 4.78 is 0. The molecule has 1 rings (SSSR count). The molecule has 3 N–H and O–H groups in total. The zero-order valence-electron chi connectivity index (χ0n) is 8.49. The molecule has 4 nitrogen and oxygen atoms in total. The van der Waals surface area contributed by atoms with Gasteiger partial charge in [0.1, 0.15) is 0 Å². The Labute approximate surface area is 106 Å². The zero-order valence-corrected chi connectivity index (χ0v) is 8.49. The van der Waals surface area contributed by atoms with Crippen LogP contribution in [0.3, 0.4) is 0 Å². The Morgan fingerprint density at radius 3 is 2.44 bits per heavy atom. The van der Waals surface area contributed by atoms with Gasteiger partial charge in [-0.3, -0.25) is 9.59 Å². The average Bonchev–Trinajstić information content (AvgIpc) is 2.14. The van der Waals surface area contributed by atoms with E-state index in [2.05, 4.69) is 0 Å². The Balaban J connectivity index is 0.00000225. The third kappa shape index (κ3) is 4.09. The van der Waals surface area contributed by atoms with Crippen molar-refractivity contribution in [2.24, 2.45) is 0 Å². The summed E-state index contributed by atoms with van der Waals surface area (Å²) in [5.41, 5.74) is 7.38. The monoisotopic (exact) mass is 215 g/mol. The average molecular weight is 215 g/mol. The summed E-state index contributed by atoms with van der Waals surface area (Å²) in [6, 6.07) is 5.02. The quantitative estimate of drug-likeness (QED) is 0.443. The van der Waals surface area contributed by atoms with Crippen LogP contribution in [0.25, 0.3) is 0 Å². The second-order valence-corrected chi connectivity index (χ2v) is 3.37. The van der Waals surface area contributed by atoms with Crippen LogP contribution in [0, 0.1) is 0 Å². The van der Waals surface area contributed by atoms with Crippen LogP contribution in [0.1, 0.15) is 29.3 Å². The van der Waals surface area contributed by atoms with Crippen LogP contribution >= 0.6 is 0 Å². The molecular weight excluding hydrogens is 201 g/mol. The minimum atomic E-state index is -0.843. The van der Waals surface area contributed by atoms with Crippen molar-refractivity contribution in [1.29, 1.82) is 0 Å². The van der Waals surface area contributed by atoms with Crippen molar-refractivity contribution < 1.29 is 14.7 Å². The molecule has 0 amide bonds. The Morgan fingerprint density at radius 2 is 2.00 bits per heavy atom. The summed E-state index contributed by atoms with van der Waals surface area (Å²) in [7, 11) is 0. The third-order valence-corrected chi connectivity index (χ3v) is 2.12. The molecule has 16 heavy (non-hydrogen) atoms. The first-order chi connectivity index (χ1) is 7.00. The van der Waals surface area contributed by atoms with E-state index in [4.69, 9.17) is 10.8 Å². The summed E-state index contributed by atoms with van der Waals surface area (Å²) in [4.78, 5) is 21.4.